The maximum Gasteiger partial charge on any atom is 0.270 e. The van der Waals surface area contributed by atoms with Gasteiger partial charge in [0.2, 0.25) is 0 Å². The Morgan fingerprint density at radius 2 is 2.08 bits per heavy atom. The Labute approximate surface area is 144 Å². The van der Waals surface area contributed by atoms with Gasteiger partial charge in [0.15, 0.2) is 0 Å². The molecule has 2 N–H and O–H groups in total. The van der Waals surface area contributed by atoms with Crippen molar-refractivity contribution in [3.05, 3.63) is 58.6 Å². The van der Waals surface area contributed by atoms with Crippen LogP contribution in [0.5, 0.6) is 0 Å². The molecule has 1 saturated heterocycles. The number of hydrogen-bond donors (Lipinski definition) is 2. The van der Waals surface area contributed by atoms with Gasteiger partial charge in [-0.05, 0) is 29.8 Å². The normalized spacial score (nSPS) is 14.5. The van der Waals surface area contributed by atoms with Crippen LogP contribution in [0.4, 0.5) is 10.1 Å². The number of piperazine rings is 1. The van der Waals surface area contributed by atoms with E-state index >= 15 is 0 Å². The Hall–Kier alpha value is -2.18. The summed E-state index contributed by atoms with van der Waals surface area (Å²) in [7, 11) is 0. The van der Waals surface area contributed by atoms with Crippen molar-refractivity contribution in [3.8, 4) is 0 Å². The van der Waals surface area contributed by atoms with E-state index in [2.05, 4.69) is 15.6 Å². The maximum absolute atomic E-state index is 14.3. The summed E-state index contributed by atoms with van der Waals surface area (Å²) >= 11 is 5.77. The Morgan fingerprint density at radius 3 is 2.79 bits per heavy atom. The Kier molecular flexibility index (Phi) is 5.27. The zero-order chi connectivity index (χ0) is 16.9. The van der Waals surface area contributed by atoms with Gasteiger partial charge >= 0.3 is 0 Å². The van der Waals surface area contributed by atoms with Gasteiger partial charge in [0.05, 0.1) is 5.69 Å². The topological polar surface area (TPSA) is 57.3 Å². The van der Waals surface area contributed by atoms with E-state index in [0.717, 1.165) is 26.2 Å². The fourth-order valence-corrected chi connectivity index (χ4v) is 2.79. The molecule has 0 aliphatic carbocycles. The highest BCUT2D eigenvalue weighted by Crippen LogP contribution is 2.21. The van der Waals surface area contributed by atoms with E-state index in [1.165, 1.54) is 6.07 Å². The zero-order valence-electron chi connectivity index (χ0n) is 13.1. The number of carbonyl (C=O) groups excluding carboxylic acids is 1. The van der Waals surface area contributed by atoms with Crippen LogP contribution < -0.4 is 15.5 Å². The predicted molar refractivity (Wildman–Crippen MR) is 91.9 cm³/mol. The molecule has 3 rings (SSSR count). The van der Waals surface area contributed by atoms with Crippen molar-refractivity contribution in [2.75, 3.05) is 31.1 Å². The van der Waals surface area contributed by atoms with Gasteiger partial charge in [-0.25, -0.2) is 9.37 Å². The van der Waals surface area contributed by atoms with Crippen LogP contribution in [0, 0.1) is 5.82 Å². The van der Waals surface area contributed by atoms with Gasteiger partial charge in [-0.1, -0.05) is 23.7 Å². The molecule has 1 fully saturated rings. The molecule has 126 valence electrons. The summed E-state index contributed by atoms with van der Waals surface area (Å²) in [6, 6.07) is 9.89. The molecule has 1 aromatic heterocycles. The number of amides is 1. The second-order valence-corrected chi connectivity index (χ2v) is 5.94. The third kappa shape index (κ3) is 4.01. The van der Waals surface area contributed by atoms with Crippen molar-refractivity contribution in [1.29, 1.82) is 0 Å². The van der Waals surface area contributed by atoms with Gasteiger partial charge in [-0.2, -0.15) is 0 Å². The molecule has 5 nitrogen and oxygen atoms in total. The fourth-order valence-electron chi connectivity index (χ4n) is 2.63. The summed E-state index contributed by atoms with van der Waals surface area (Å²) in [5.41, 5.74) is 1.53. The summed E-state index contributed by atoms with van der Waals surface area (Å²) in [4.78, 5) is 18.0. The standard InChI is InChI=1S/C17H18ClFN4O/c18-16-3-1-2-14(22-16)17(24)21-11-12-4-5-15(13(19)10-12)23-8-6-20-7-9-23/h1-5,10,20H,6-9,11H2,(H,21,24). The van der Waals surface area contributed by atoms with Crippen LogP contribution >= 0.6 is 11.6 Å². The molecule has 1 aliphatic rings. The second-order valence-electron chi connectivity index (χ2n) is 5.55. The molecule has 2 heterocycles. The molecule has 0 saturated carbocycles. The molecule has 7 heteroatoms. The van der Waals surface area contributed by atoms with Crippen LogP contribution in [-0.2, 0) is 6.54 Å². The van der Waals surface area contributed by atoms with E-state index in [-0.39, 0.29) is 29.1 Å². The van der Waals surface area contributed by atoms with Crippen molar-refractivity contribution in [1.82, 2.24) is 15.6 Å². The molecule has 0 bridgehead atoms. The van der Waals surface area contributed by atoms with E-state index in [4.69, 9.17) is 11.6 Å². The average molecular weight is 349 g/mol. The number of halogens is 2. The molecule has 0 atom stereocenters. The van der Waals surface area contributed by atoms with Crippen LogP contribution in [0.3, 0.4) is 0 Å². The van der Waals surface area contributed by atoms with Crippen molar-refractivity contribution in [2.24, 2.45) is 0 Å². The van der Waals surface area contributed by atoms with Gasteiger partial charge in [0.1, 0.15) is 16.7 Å². The minimum atomic E-state index is -0.343. The first-order valence-corrected chi connectivity index (χ1v) is 8.16. The summed E-state index contributed by atoms with van der Waals surface area (Å²) < 4.78 is 14.3. The van der Waals surface area contributed by atoms with E-state index in [0.29, 0.717) is 11.3 Å². The number of rotatable bonds is 4. The van der Waals surface area contributed by atoms with Crippen LogP contribution in [0.15, 0.2) is 36.4 Å². The van der Waals surface area contributed by atoms with Gasteiger partial charge < -0.3 is 15.5 Å². The number of carbonyl (C=O) groups is 1. The first-order valence-electron chi connectivity index (χ1n) is 7.78. The van der Waals surface area contributed by atoms with Crippen molar-refractivity contribution < 1.29 is 9.18 Å². The molecular formula is C17H18ClFN4O. The molecule has 24 heavy (non-hydrogen) atoms. The van der Waals surface area contributed by atoms with Crippen molar-refractivity contribution in [2.45, 2.75) is 6.54 Å². The van der Waals surface area contributed by atoms with Crippen LogP contribution in [0.25, 0.3) is 0 Å². The number of nitrogens with zero attached hydrogens (tertiary/aromatic N) is 2. The quantitative estimate of drug-likeness (QED) is 0.832. The first kappa shape index (κ1) is 16.7. The van der Waals surface area contributed by atoms with Crippen LogP contribution in [0.2, 0.25) is 5.15 Å². The Morgan fingerprint density at radius 1 is 1.29 bits per heavy atom. The number of pyridine rings is 1. The lowest BCUT2D eigenvalue weighted by Crippen LogP contribution is -2.43. The zero-order valence-corrected chi connectivity index (χ0v) is 13.8. The van der Waals surface area contributed by atoms with Crippen molar-refractivity contribution in [3.63, 3.8) is 0 Å². The lowest BCUT2D eigenvalue weighted by Gasteiger charge is -2.29. The molecule has 1 aliphatic heterocycles. The Bertz CT molecular complexity index is 734. The lowest BCUT2D eigenvalue weighted by molar-refractivity contribution is 0.0946. The van der Waals surface area contributed by atoms with Crippen LogP contribution in [-0.4, -0.2) is 37.1 Å². The highest BCUT2D eigenvalue weighted by atomic mass is 35.5. The highest BCUT2D eigenvalue weighted by Gasteiger charge is 2.15. The molecule has 2 aromatic rings. The van der Waals surface area contributed by atoms with E-state index in [1.807, 2.05) is 11.0 Å². The van der Waals surface area contributed by atoms with Gasteiger partial charge in [-0.15, -0.1) is 0 Å². The predicted octanol–water partition coefficient (Wildman–Crippen LogP) is 2.21. The average Bonchev–Trinajstić information content (AvgIpc) is 2.60. The molecule has 0 spiro atoms. The third-order valence-electron chi connectivity index (χ3n) is 3.87. The van der Waals surface area contributed by atoms with Crippen LogP contribution in [0.1, 0.15) is 16.1 Å². The lowest BCUT2D eigenvalue weighted by atomic mass is 10.1. The summed E-state index contributed by atoms with van der Waals surface area (Å²) in [5, 5.41) is 6.22. The summed E-state index contributed by atoms with van der Waals surface area (Å²) in [5.74, 6) is -0.617. The second kappa shape index (κ2) is 7.59. The molecule has 0 radical (unpaired) electrons. The first-order chi connectivity index (χ1) is 11.6. The summed E-state index contributed by atoms with van der Waals surface area (Å²) in [6.45, 7) is 3.50. The smallest absolute Gasteiger partial charge is 0.270 e. The number of aromatic nitrogens is 1. The number of anilines is 1. The Balaban J connectivity index is 1.63. The third-order valence-corrected chi connectivity index (χ3v) is 4.08. The van der Waals surface area contributed by atoms with Gasteiger partial charge in [-0.3, -0.25) is 4.79 Å². The fraction of sp³-hybridized carbons (Fsp3) is 0.294. The molecule has 1 aromatic carbocycles. The molecule has 1 amide bonds. The monoisotopic (exact) mass is 348 g/mol. The number of nitrogens with one attached hydrogen (secondary N) is 2. The maximum atomic E-state index is 14.3. The van der Waals surface area contributed by atoms with E-state index < -0.39 is 0 Å². The number of hydrogen-bond acceptors (Lipinski definition) is 4. The largest absolute Gasteiger partial charge is 0.367 e. The minimum Gasteiger partial charge on any atom is -0.367 e. The molecule has 0 unspecified atom stereocenters. The highest BCUT2D eigenvalue weighted by molar-refractivity contribution is 6.29. The number of benzene rings is 1. The van der Waals surface area contributed by atoms with E-state index in [9.17, 15) is 9.18 Å². The van der Waals surface area contributed by atoms with E-state index in [1.54, 1.807) is 24.3 Å². The minimum absolute atomic E-state index is 0.228. The SMILES string of the molecule is O=C(NCc1ccc(N2CCNCC2)c(F)c1)c1cccc(Cl)n1. The molecular weight excluding hydrogens is 331 g/mol. The van der Waals surface area contributed by atoms with Gasteiger partial charge in [0, 0.05) is 32.7 Å². The summed E-state index contributed by atoms with van der Waals surface area (Å²) in [6.07, 6.45) is 0. The van der Waals surface area contributed by atoms with Crippen molar-refractivity contribution >= 4 is 23.2 Å². The van der Waals surface area contributed by atoms with Gasteiger partial charge in [0.25, 0.3) is 5.91 Å².